The van der Waals surface area contributed by atoms with E-state index in [2.05, 4.69) is 5.32 Å². The molecule has 0 amide bonds. The molecule has 0 unspecified atom stereocenters. The zero-order valence-electron chi connectivity index (χ0n) is 8.30. The second-order valence-electron chi connectivity index (χ2n) is 3.19. The fourth-order valence-corrected chi connectivity index (χ4v) is 1.08. The molecule has 0 saturated heterocycles. The molecular formula is C10H10F3N3. The molecule has 0 aliphatic carbocycles. The lowest BCUT2D eigenvalue weighted by atomic mass is 10.2. The van der Waals surface area contributed by atoms with Crippen molar-refractivity contribution in [3.8, 4) is 6.07 Å². The van der Waals surface area contributed by atoms with Gasteiger partial charge in [0, 0.05) is 0 Å². The number of alkyl halides is 2. The van der Waals surface area contributed by atoms with Gasteiger partial charge in [-0.15, -0.1) is 0 Å². The summed E-state index contributed by atoms with van der Waals surface area (Å²) < 4.78 is 38.7. The van der Waals surface area contributed by atoms with Crippen molar-refractivity contribution in [2.45, 2.75) is 5.92 Å². The quantitative estimate of drug-likeness (QED) is 0.826. The minimum atomic E-state index is -3.08. The van der Waals surface area contributed by atoms with Crippen molar-refractivity contribution >= 4 is 5.69 Å². The first-order valence-corrected chi connectivity index (χ1v) is 4.50. The highest BCUT2D eigenvalue weighted by molar-refractivity contribution is 5.57. The van der Waals surface area contributed by atoms with Crippen LogP contribution in [0.1, 0.15) is 5.56 Å². The number of hydrogen-bond donors (Lipinski definition) is 2. The van der Waals surface area contributed by atoms with E-state index < -0.39 is 24.8 Å². The van der Waals surface area contributed by atoms with Gasteiger partial charge in [-0.1, -0.05) is 6.07 Å². The van der Waals surface area contributed by atoms with Gasteiger partial charge >= 0.3 is 0 Å². The Morgan fingerprint density at radius 1 is 1.44 bits per heavy atom. The Labute approximate surface area is 90.7 Å². The van der Waals surface area contributed by atoms with Crippen molar-refractivity contribution in [2.24, 2.45) is 5.73 Å². The van der Waals surface area contributed by atoms with Crippen molar-refractivity contribution in [1.82, 2.24) is 0 Å². The number of rotatable bonds is 4. The lowest BCUT2D eigenvalue weighted by Crippen LogP contribution is -2.35. The summed E-state index contributed by atoms with van der Waals surface area (Å²) in [6, 6.07) is 5.38. The van der Waals surface area contributed by atoms with Gasteiger partial charge in [-0.05, 0) is 12.1 Å². The normalized spacial score (nSPS) is 10.9. The monoisotopic (exact) mass is 229 g/mol. The minimum absolute atomic E-state index is 0.0376. The van der Waals surface area contributed by atoms with Gasteiger partial charge in [0.1, 0.15) is 17.4 Å². The number of benzene rings is 1. The molecule has 0 fully saturated rings. The van der Waals surface area contributed by atoms with E-state index in [1.165, 1.54) is 12.1 Å². The summed E-state index contributed by atoms with van der Waals surface area (Å²) in [6.07, 6.45) is 0. The average Bonchev–Trinajstić information content (AvgIpc) is 2.26. The SMILES string of the molecule is N#Cc1c(F)cccc1NCC(F)(F)CN. The Balaban J connectivity index is 2.83. The standard InChI is InChI=1S/C10H10F3N3/c11-8-2-1-3-9(7(8)4-14)16-6-10(12,13)5-15/h1-3,16H,5-6,15H2. The van der Waals surface area contributed by atoms with Gasteiger partial charge in [-0.25, -0.2) is 13.2 Å². The third-order valence-electron chi connectivity index (χ3n) is 1.96. The van der Waals surface area contributed by atoms with Gasteiger partial charge in [0.2, 0.25) is 0 Å². The van der Waals surface area contributed by atoms with Crippen LogP contribution in [0.4, 0.5) is 18.9 Å². The van der Waals surface area contributed by atoms with Crippen molar-refractivity contribution in [2.75, 3.05) is 18.4 Å². The van der Waals surface area contributed by atoms with Crippen LogP contribution in [0.3, 0.4) is 0 Å². The van der Waals surface area contributed by atoms with Crippen LogP contribution in [-0.2, 0) is 0 Å². The number of nitrogens with two attached hydrogens (primary N) is 1. The van der Waals surface area contributed by atoms with Gasteiger partial charge in [-0.2, -0.15) is 5.26 Å². The first-order valence-electron chi connectivity index (χ1n) is 4.50. The number of halogens is 3. The summed E-state index contributed by atoms with van der Waals surface area (Å²) in [6.45, 7) is -1.54. The number of nitrogens with zero attached hydrogens (tertiary/aromatic N) is 1. The molecule has 0 saturated carbocycles. The number of nitriles is 1. The van der Waals surface area contributed by atoms with E-state index in [0.29, 0.717) is 0 Å². The molecule has 0 atom stereocenters. The summed E-state index contributed by atoms with van der Waals surface area (Å²) in [5.41, 5.74) is 4.60. The topological polar surface area (TPSA) is 61.8 Å². The van der Waals surface area contributed by atoms with Crippen LogP contribution < -0.4 is 11.1 Å². The first kappa shape index (κ1) is 12.3. The van der Waals surface area contributed by atoms with E-state index >= 15 is 0 Å². The minimum Gasteiger partial charge on any atom is -0.378 e. The van der Waals surface area contributed by atoms with Gasteiger partial charge in [0.05, 0.1) is 18.8 Å². The number of hydrogen-bond acceptors (Lipinski definition) is 3. The van der Waals surface area contributed by atoms with Crippen molar-refractivity contribution in [1.29, 1.82) is 5.26 Å². The van der Waals surface area contributed by atoms with Crippen LogP contribution in [0.15, 0.2) is 18.2 Å². The van der Waals surface area contributed by atoms with Gasteiger partial charge in [-0.3, -0.25) is 0 Å². The van der Waals surface area contributed by atoms with Crippen LogP contribution in [0.25, 0.3) is 0 Å². The molecule has 0 spiro atoms. The zero-order valence-corrected chi connectivity index (χ0v) is 8.30. The molecule has 0 aromatic heterocycles. The predicted molar refractivity (Wildman–Crippen MR) is 53.6 cm³/mol. The van der Waals surface area contributed by atoms with E-state index in [1.54, 1.807) is 6.07 Å². The van der Waals surface area contributed by atoms with E-state index in [4.69, 9.17) is 11.0 Å². The second-order valence-corrected chi connectivity index (χ2v) is 3.19. The van der Waals surface area contributed by atoms with E-state index in [9.17, 15) is 13.2 Å². The summed E-state index contributed by atoms with van der Waals surface area (Å²) in [5, 5.41) is 10.9. The van der Waals surface area contributed by atoms with Gasteiger partial charge < -0.3 is 11.1 Å². The molecule has 86 valence electrons. The van der Waals surface area contributed by atoms with Crippen LogP contribution in [-0.4, -0.2) is 19.0 Å². The van der Waals surface area contributed by atoms with E-state index in [1.807, 2.05) is 0 Å². The van der Waals surface area contributed by atoms with Crippen molar-refractivity contribution < 1.29 is 13.2 Å². The molecule has 1 aromatic rings. The fourth-order valence-electron chi connectivity index (χ4n) is 1.08. The van der Waals surface area contributed by atoms with E-state index in [-0.39, 0.29) is 11.3 Å². The Hall–Kier alpha value is -1.74. The molecule has 0 aliphatic heterocycles. The molecule has 0 aliphatic rings. The van der Waals surface area contributed by atoms with Crippen LogP contribution in [0.2, 0.25) is 0 Å². The fraction of sp³-hybridized carbons (Fsp3) is 0.300. The Morgan fingerprint density at radius 3 is 2.69 bits per heavy atom. The summed E-state index contributed by atoms with van der Waals surface area (Å²) in [7, 11) is 0. The Bertz CT molecular complexity index is 412. The maximum absolute atomic E-state index is 13.1. The van der Waals surface area contributed by atoms with Crippen molar-refractivity contribution in [3.05, 3.63) is 29.6 Å². The molecule has 16 heavy (non-hydrogen) atoms. The van der Waals surface area contributed by atoms with Gasteiger partial charge in [0.15, 0.2) is 0 Å². The van der Waals surface area contributed by atoms with Crippen molar-refractivity contribution in [3.63, 3.8) is 0 Å². The summed E-state index contributed by atoms with van der Waals surface area (Å²) >= 11 is 0. The van der Waals surface area contributed by atoms with Crippen LogP contribution >= 0.6 is 0 Å². The maximum atomic E-state index is 13.1. The Morgan fingerprint density at radius 2 is 2.12 bits per heavy atom. The molecule has 0 heterocycles. The third-order valence-corrected chi connectivity index (χ3v) is 1.96. The highest BCUT2D eigenvalue weighted by atomic mass is 19.3. The average molecular weight is 229 g/mol. The lowest BCUT2D eigenvalue weighted by Gasteiger charge is -2.16. The highest BCUT2D eigenvalue weighted by Crippen LogP contribution is 2.19. The highest BCUT2D eigenvalue weighted by Gasteiger charge is 2.26. The zero-order chi connectivity index (χ0) is 12.2. The molecule has 1 rings (SSSR count). The van der Waals surface area contributed by atoms with Gasteiger partial charge in [0.25, 0.3) is 5.92 Å². The molecule has 6 heteroatoms. The number of nitrogens with one attached hydrogen (secondary N) is 1. The largest absolute Gasteiger partial charge is 0.378 e. The Kier molecular flexibility index (Phi) is 3.74. The summed E-state index contributed by atoms with van der Waals surface area (Å²) in [4.78, 5) is 0. The summed E-state index contributed by atoms with van der Waals surface area (Å²) in [5.74, 6) is -3.83. The molecule has 0 bridgehead atoms. The van der Waals surface area contributed by atoms with Crippen LogP contribution in [0.5, 0.6) is 0 Å². The second kappa shape index (κ2) is 4.86. The third kappa shape index (κ3) is 2.87. The number of anilines is 1. The lowest BCUT2D eigenvalue weighted by molar-refractivity contribution is 0.0254. The predicted octanol–water partition coefficient (Wildman–Crippen LogP) is 1.70. The van der Waals surface area contributed by atoms with Crippen LogP contribution in [0, 0.1) is 17.1 Å². The molecule has 0 radical (unpaired) electrons. The first-order chi connectivity index (χ1) is 7.50. The van der Waals surface area contributed by atoms with E-state index in [0.717, 1.165) is 6.07 Å². The maximum Gasteiger partial charge on any atom is 0.276 e. The smallest absolute Gasteiger partial charge is 0.276 e. The molecular weight excluding hydrogens is 219 g/mol. The molecule has 1 aromatic carbocycles. The molecule has 3 nitrogen and oxygen atoms in total. The molecule has 3 N–H and O–H groups in total.